The van der Waals surface area contributed by atoms with Crippen molar-refractivity contribution >= 4 is 17.6 Å². The Morgan fingerprint density at radius 2 is 2.10 bits per heavy atom. The molecule has 2 aromatic rings. The molecule has 3 N–H and O–H groups in total. The van der Waals surface area contributed by atoms with Gasteiger partial charge in [-0.15, -0.1) is 0 Å². The Hall–Kier alpha value is -2.28. The van der Waals surface area contributed by atoms with Gasteiger partial charge >= 0.3 is 5.97 Å². The molecular formula is C23H28ClNO5. The normalized spacial score (nSPS) is 17.3. The van der Waals surface area contributed by atoms with E-state index in [0.29, 0.717) is 28.7 Å². The molecule has 30 heavy (non-hydrogen) atoms. The van der Waals surface area contributed by atoms with Crippen molar-refractivity contribution in [3.05, 3.63) is 57.6 Å². The van der Waals surface area contributed by atoms with Crippen molar-refractivity contribution in [1.82, 2.24) is 5.32 Å². The zero-order valence-electron chi connectivity index (χ0n) is 17.5. The highest BCUT2D eigenvalue weighted by molar-refractivity contribution is 6.32. The Bertz CT molecular complexity index is 932. The maximum atomic E-state index is 11.4. The summed E-state index contributed by atoms with van der Waals surface area (Å²) in [6.45, 7) is 5.48. The number of carboxylic acids is 1. The van der Waals surface area contributed by atoms with E-state index in [-0.39, 0.29) is 12.6 Å². The minimum atomic E-state index is -1.46. The molecule has 0 amide bonds. The van der Waals surface area contributed by atoms with Crippen LogP contribution in [0.4, 0.5) is 0 Å². The van der Waals surface area contributed by atoms with Gasteiger partial charge in [-0.2, -0.15) is 0 Å². The van der Waals surface area contributed by atoms with Gasteiger partial charge in [-0.3, -0.25) is 10.1 Å². The van der Waals surface area contributed by atoms with Crippen molar-refractivity contribution in [2.45, 2.75) is 51.8 Å². The second kappa shape index (κ2) is 9.25. The molecule has 0 spiro atoms. The first-order valence-corrected chi connectivity index (χ1v) is 10.5. The number of aryl methyl sites for hydroxylation is 1. The van der Waals surface area contributed by atoms with Crippen molar-refractivity contribution in [2.75, 3.05) is 13.2 Å². The molecule has 0 aliphatic heterocycles. The maximum Gasteiger partial charge on any atom is 0.326 e. The van der Waals surface area contributed by atoms with Crippen LogP contribution in [0.5, 0.6) is 11.5 Å². The number of nitrogens with one attached hydrogen (secondary N) is 1. The number of aliphatic hydroxyl groups excluding tert-OH is 1. The second-order valence-corrected chi connectivity index (χ2v) is 8.17. The van der Waals surface area contributed by atoms with Crippen LogP contribution in [0.15, 0.2) is 30.3 Å². The number of halogens is 1. The van der Waals surface area contributed by atoms with Crippen molar-refractivity contribution < 1.29 is 24.5 Å². The van der Waals surface area contributed by atoms with Crippen LogP contribution in [-0.2, 0) is 17.8 Å². The second-order valence-electron chi connectivity index (χ2n) is 7.76. The summed E-state index contributed by atoms with van der Waals surface area (Å²) in [5.41, 5.74) is 3.02. The molecule has 0 saturated carbocycles. The summed E-state index contributed by atoms with van der Waals surface area (Å²) >= 11 is 6.51. The van der Waals surface area contributed by atoms with E-state index in [2.05, 4.69) is 24.4 Å². The average Bonchev–Trinajstić information content (AvgIpc) is 3.13. The van der Waals surface area contributed by atoms with Gasteiger partial charge in [-0.05, 0) is 56.4 Å². The molecule has 7 heteroatoms. The molecule has 0 fully saturated rings. The Kier molecular flexibility index (Phi) is 6.91. The highest BCUT2D eigenvalue weighted by atomic mass is 35.5. The number of aliphatic carboxylic acids is 1. The number of carboxylic acid groups (broad SMARTS) is 1. The zero-order valence-corrected chi connectivity index (χ0v) is 18.3. The lowest BCUT2D eigenvalue weighted by atomic mass is 10.0. The fraction of sp³-hybridized carbons (Fsp3) is 0.435. The average molecular weight is 434 g/mol. The van der Waals surface area contributed by atoms with Gasteiger partial charge in [0.25, 0.3) is 0 Å². The number of aliphatic hydroxyl groups is 1. The molecule has 0 aromatic heterocycles. The van der Waals surface area contributed by atoms with E-state index in [9.17, 15) is 15.0 Å². The summed E-state index contributed by atoms with van der Waals surface area (Å²) < 4.78 is 12.0. The van der Waals surface area contributed by atoms with Crippen LogP contribution in [-0.4, -0.2) is 34.9 Å². The lowest BCUT2D eigenvalue weighted by Crippen LogP contribution is -2.52. The van der Waals surface area contributed by atoms with Crippen molar-refractivity contribution in [3.63, 3.8) is 0 Å². The number of ether oxygens (including phenoxy) is 2. The number of carbonyl (C=O) groups is 1. The van der Waals surface area contributed by atoms with E-state index in [4.69, 9.17) is 21.1 Å². The first-order valence-electron chi connectivity index (χ1n) is 10.1. The summed E-state index contributed by atoms with van der Waals surface area (Å²) in [6, 6.07) is 9.73. The molecule has 1 aliphatic rings. The van der Waals surface area contributed by atoms with Crippen LogP contribution >= 0.6 is 11.6 Å². The van der Waals surface area contributed by atoms with E-state index >= 15 is 0 Å². The highest BCUT2D eigenvalue weighted by Gasteiger charge is 2.32. The summed E-state index contributed by atoms with van der Waals surface area (Å²) in [7, 11) is 0. The predicted octanol–water partition coefficient (Wildman–Crippen LogP) is 4.04. The van der Waals surface area contributed by atoms with E-state index in [0.717, 1.165) is 12.8 Å². The fourth-order valence-electron chi connectivity index (χ4n) is 3.66. The third-order valence-electron chi connectivity index (χ3n) is 5.59. The van der Waals surface area contributed by atoms with Crippen molar-refractivity contribution in [1.29, 1.82) is 0 Å². The summed E-state index contributed by atoms with van der Waals surface area (Å²) in [5.74, 6) is -0.0341. The lowest BCUT2D eigenvalue weighted by molar-refractivity contribution is -0.145. The Morgan fingerprint density at radius 3 is 2.77 bits per heavy atom. The van der Waals surface area contributed by atoms with Crippen molar-refractivity contribution in [2.24, 2.45) is 0 Å². The quantitative estimate of drug-likeness (QED) is 0.553. The summed E-state index contributed by atoms with van der Waals surface area (Å²) in [4.78, 5) is 11.4. The Labute approximate surface area is 181 Å². The van der Waals surface area contributed by atoms with Crippen LogP contribution in [0.3, 0.4) is 0 Å². The van der Waals surface area contributed by atoms with Crippen LogP contribution in [0.25, 0.3) is 0 Å². The van der Waals surface area contributed by atoms with Gasteiger partial charge < -0.3 is 19.7 Å². The molecule has 2 aromatic carbocycles. The SMILES string of the molecule is CCOc1cc(O[C@H]2CCc3c(C)cccc32)c(Cl)cc1CN[C@@](C)(CO)C(=O)O. The zero-order chi connectivity index (χ0) is 21.9. The molecule has 0 radical (unpaired) electrons. The minimum Gasteiger partial charge on any atom is -0.493 e. The molecule has 0 saturated heterocycles. The van der Waals surface area contributed by atoms with Gasteiger partial charge in [-0.25, -0.2) is 0 Å². The first kappa shape index (κ1) is 22.4. The third-order valence-corrected chi connectivity index (χ3v) is 5.89. The molecule has 0 heterocycles. The fourth-order valence-corrected chi connectivity index (χ4v) is 3.89. The molecular weight excluding hydrogens is 406 g/mol. The Morgan fingerprint density at radius 1 is 1.33 bits per heavy atom. The number of rotatable bonds is 9. The minimum absolute atomic E-state index is 0.0689. The smallest absolute Gasteiger partial charge is 0.326 e. The van der Waals surface area contributed by atoms with Crippen LogP contribution < -0.4 is 14.8 Å². The van der Waals surface area contributed by atoms with Crippen molar-refractivity contribution in [3.8, 4) is 11.5 Å². The van der Waals surface area contributed by atoms with E-state index in [1.807, 2.05) is 13.0 Å². The monoisotopic (exact) mass is 433 g/mol. The molecule has 3 rings (SSSR count). The molecule has 0 unspecified atom stereocenters. The highest BCUT2D eigenvalue weighted by Crippen LogP contribution is 2.40. The van der Waals surface area contributed by atoms with E-state index < -0.39 is 18.1 Å². The molecule has 2 atom stereocenters. The van der Waals surface area contributed by atoms with Gasteiger partial charge in [0.1, 0.15) is 23.1 Å². The topological polar surface area (TPSA) is 88.0 Å². The van der Waals surface area contributed by atoms with Gasteiger partial charge in [0.05, 0.1) is 18.2 Å². The van der Waals surface area contributed by atoms with E-state index in [1.54, 1.807) is 12.1 Å². The predicted molar refractivity (Wildman–Crippen MR) is 115 cm³/mol. The number of hydrogen-bond donors (Lipinski definition) is 3. The van der Waals surface area contributed by atoms with Gasteiger partial charge in [0, 0.05) is 18.2 Å². The number of benzene rings is 2. The maximum absolute atomic E-state index is 11.4. The first-order chi connectivity index (χ1) is 14.3. The van der Waals surface area contributed by atoms with Crippen LogP contribution in [0, 0.1) is 6.92 Å². The molecule has 6 nitrogen and oxygen atoms in total. The van der Waals surface area contributed by atoms with Gasteiger partial charge in [0.2, 0.25) is 0 Å². The standard InChI is InChI=1S/C23H28ClNO5/c1-4-29-20-11-21(30-19-9-8-16-14(2)6-5-7-17(16)19)18(24)10-15(20)12-25-23(3,13-26)22(27)28/h5-7,10-11,19,25-26H,4,8-9,12-13H2,1-3H3,(H,27,28)/t19-,23-/m0/s1. The van der Waals surface area contributed by atoms with Gasteiger partial charge in [0.15, 0.2) is 0 Å². The van der Waals surface area contributed by atoms with Crippen LogP contribution in [0.2, 0.25) is 5.02 Å². The lowest BCUT2D eigenvalue weighted by Gasteiger charge is -2.25. The number of fused-ring (bicyclic) bond motifs is 1. The molecule has 162 valence electrons. The summed E-state index contributed by atoms with van der Waals surface area (Å²) in [5, 5.41) is 22.1. The number of hydrogen-bond acceptors (Lipinski definition) is 5. The largest absolute Gasteiger partial charge is 0.493 e. The van der Waals surface area contributed by atoms with E-state index in [1.165, 1.54) is 23.6 Å². The molecule has 0 bridgehead atoms. The Balaban J connectivity index is 1.84. The van der Waals surface area contributed by atoms with Crippen LogP contribution in [0.1, 0.15) is 48.6 Å². The molecule has 1 aliphatic carbocycles. The van der Waals surface area contributed by atoms with Gasteiger partial charge in [-0.1, -0.05) is 29.8 Å². The third kappa shape index (κ3) is 4.56. The summed E-state index contributed by atoms with van der Waals surface area (Å²) in [6.07, 6.45) is 1.79.